The minimum Gasteiger partial charge on any atom is -0.461 e. The van der Waals surface area contributed by atoms with Crippen molar-refractivity contribution in [1.29, 1.82) is 0 Å². The summed E-state index contributed by atoms with van der Waals surface area (Å²) < 4.78 is 6.42. The molecular formula is C10H10N2O3S2. The molecule has 0 atom stereocenters. The van der Waals surface area contributed by atoms with Gasteiger partial charge in [-0.05, 0) is 13.2 Å². The summed E-state index contributed by atoms with van der Waals surface area (Å²) >= 11 is 2.88. The lowest BCUT2D eigenvalue weighted by molar-refractivity contribution is 0.0518. The van der Waals surface area contributed by atoms with Crippen molar-refractivity contribution in [1.82, 2.24) is 9.97 Å². The molecule has 0 radical (unpaired) electrons. The number of thiazole rings is 1. The number of ether oxygens (including phenoxy) is 1. The van der Waals surface area contributed by atoms with Crippen LogP contribution in [0.2, 0.25) is 0 Å². The number of nitrogens with zero attached hydrogens (tertiary/aromatic N) is 1. The largest absolute Gasteiger partial charge is 0.461 e. The third-order valence-corrected chi connectivity index (χ3v) is 4.21. The van der Waals surface area contributed by atoms with Crippen LogP contribution in [0.4, 0.5) is 0 Å². The Morgan fingerprint density at radius 2 is 2.41 bits per heavy atom. The van der Waals surface area contributed by atoms with Crippen LogP contribution in [0.1, 0.15) is 27.8 Å². The Balaban J connectivity index is 2.54. The summed E-state index contributed by atoms with van der Waals surface area (Å²) in [5.74, 6) is -0.523. The topological polar surface area (TPSA) is 72.1 Å². The van der Waals surface area contributed by atoms with Gasteiger partial charge in [-0.3, -0.25) is 4.79 Å². The average molecular weight is 270 g/mol. The molecule has 0 saturated heterocycles. The first kappa shape index (κ1) is 12.1. The fourth-order valence-corrected chi connectivity index (χ4v) is 2.96. The standard InChI is InChI=1S/C10H10N2O3S2/c1-3-15-9(14)6-5(4-13)7-8(11-6)12-10(16-2)17-7/h4,11H,3H2,1-2H3. The number of hydrogen-bond acceptors (Lipinski definition) is 6. The van der Waals surface area contributed by atoms with Gasteiger partial charge in [0, 0.05) is 0 Å². The van der Waals surface area contributed by atoms with E-state index in [-0.39, 0.29) is 12.3 Å². The van der Waals surface area contributed by atoms with Gasteiger partial charge in [-0.1, -0.05) is 11.8 Å². The number of rotatable bonds is 4. The summed E-state index contributed by atoms with van der Waals surface area (Å²) in [4.78, 5) is 29.8. The number of nitrogens with one attached hydrogen (secondary N) is 1. The van der Waals surface area contributed by atoms with Crippen molar-refractivity contribution in [2.24, 2.45) is 0 Å². The Hall–Kier alpha value is -1.34. The first-order valence-electron chi connectivity index (χ1n) is 4.90. The van der Waals surface area contributed by atoms with Crippen LogP contribution >= 0.6 is 23.1 Å². The fourth-order valence-electron chi connectivity index (χ4n) is 1.43. The number of carbonyl (C=O) groups excluding carboxylic acids is 2. The molecule has 7 heteroatoms. The second-order valence-electron chi connectivity index (χ2n) is 3.11. The van der Waals surface area contributed by atoms with Crippen LogP contribution in [0.3, 0.4) is 0 Å². The van der Waals surface area contributed by atoms with Gasteiger partial charge in [-0.15, -0.1) is 11.3 Å². The maximum Gasteiger partial charge on any atom is 0.355 e. The number of H-pyrrole nitrogens is 1. The number of aromatic amines is 1. The monoisotopic (exact) mass is 270 g/mol. The molecule has 1 N–H and O–H groups in total. The van der Waals surface area contributed by atoms with Gasteiger partial charge in [0.05, 0.1) is 16.9 Å². The fraction of sp³-hybridized carbons (Fsp3) is 0.300. The predicted octanol–water partition coefficient (Wildman–Crippen LogP) is 2.34. The number of esters is 1. The second-order valence-corrected chi connectivity index (χ2v) is 5.17. The molecule has 5 nitrogen and oxygen atoms in total. The Bertz CT molecular complexity index is 573. The van der Waals surface area contributed by atoms with Gasteiger partial charge in [-0.25, -0.2) is 9.78 Å². The lowest BCUT2D eigenvalue weighted by Gasteiger charge is -1.99. The van der Waals surface area contributed by atoms with E-state index >= 15 is 0 Å². The van der Waals surface area contributed by atoms with E-state index in [1.165, 1.54) is 23.1 Å². The molecule has 0 saturated carbocycles. The van der Waals surface area contributed by atoms with E-state index in [1.54, 1.807) is 6.92 Å². The molecular weight excluding hydrogens is 260 g/mol. The molecule has 17 heavy (non-hydrogen) atoms. The molecule has 0 aliphatic heterocycles. The summed E-state index contributed by atoms with van der Waals surface area (Å²) in [6, 6.07) is 0. The van der Waals surface area contributed by atoms with Gasteiger partial charge in [0.25, 0.3) is 0 Å². The SMILES string of the molecule is CCOC(=O)c1[nH]c2nc(SC)sc2c1C=O. The van der Waals surface area contributed by atoms with E-state index in [0.717, 1.165) is 4.34 Å². The van der Waals surface area contributed by atoms with E-state index in [4.69, 9.17) is 4.74 Å². The Morgan fingerprint density at radius 3 is 3.00 bits per heavy atom. The van der Waals surface area contributed by atoms with Crippen molar-refractivity contribution in [3.05, 3.63) is 11.3 Å². The van der Waals surface area contributed by atoms with Crippen molar-refractivity contribution in [3.8, 4) is 0 Å². The van der Waals surface area contributed by atoms with Gasteiger partial charge in [-0.2, -0.15) is 0 Å². The zero-order valence-corrected chi connectivity index (χ0v) is 10.9. The summed E-state index contributed by atoms with van der Waals surface area (Å²) in [6.07, 6.45) is 2.57. The molecule has 2 aromatic heterocycles. The van der Waals surface area contributed by atoms with E-state index in [1.807, 2.05) is 6.26 Å². The molecule has 0 spiro atoms. The molecule has 90 valence electrons. The average Bonchev–Trinajstić information content (AvgIpc) is 2.85. The summed E-state index contributed by atoms with van der Waals surface area (Å²) in [5.41, 5.74) is 1.07. The maximum absolute atomic E-state index is 11.6. The molecule has 2 aromatic rings. The molecule has 0 aliphatic rings. The van der Waals surface area contributed by atoms with Crippen molar-refractivity contribution in [3.63, 3.8) is 0 Å². The van der Waals surface area contributed by atoms with E-state index < -0.39 is 5.97 Å². The molecule has 0 aliphatic carbocycles. The van der Waals surface area contributed by atoms with Gasteiger partial charge < -0.3 is 9.72 Å². The van der Waals surface area contributed by atoms with Crippen LogP contribution in [0.15, 0.2) is 4.34 Å². The molecule has 0 unspecified atom stereocenters. The van der Waals surface area contributed by atoms with E-state index in [2.05, 4.69) is 9.97 Å². The molecule has 0 amide bonds. The third-order valence-electron chi connectivity index (χ3n) is 2.14. The van der Waals surface area contributed by atoms with Crippen molar-refractivity contribution in [2.75, 3.05) is 12.9 Å². The minimum atomic E-state index is -0.523. The zero-order chi connectivity index (χ0) is 12.4. The first-order chi connectivity index (χ1) is 8.21. The van der Waals surface area contributed by atoms with Crippen molar-refractivity contribution in [2.45, 2.75) is 11.3 Å². The van der Waals surface area contributed by atoms with Crippen LogP contribution in [0.5, 0.6) is 0 Å². The number of aromatic nitrogens is 2. The van der Waals surface area contributed by atoms with Crippen LogP contribution in [-0.2, 0) is 4.74 Å². The van der Waals surface area contributed by atoms with Crippen LogP contribution < -0.4 is 0 Å². The number of hydrogen-bond donors (Lipinski definition) is 1. The summed E-state index contributed by atoms with van der Waals surface area (Å²) in [6.45, 7) is 1.99. The number of fused-ring (bicyclic) bond motifs is 1. The Labute approximate surface area is 106 Å². The van der Waals surface area contributed by atoms with E-state index in [0.29, 0.717) is 22.2 Å². The first-order valence-corrected chi connectivity index (χ1v) is 6.94. The number of carbonyl (C=O) groups is 2. The molecule has 0 fully saturated rings. The lowest BCUT2D eigenvalue weighted by Crippen LogP contribution is -2.07. The van der Waals surface area contributed by atoms with Crippen molar-refractivity contribution >= 4 is 45.7 Å². The molecule has 0 bridgehead atoms. The van der Waals surface area contributed by atoms with Crippen LogP contribution in [0.25, 0.3) is 10.3 Å². The lowest BCUT2D eigenvalue weighted by atomic mass is 10.2. The quantitative estimate of drug-likeness (QED) is 0.524. The molecule has 2 heterocycles. The highest BCUT2D eigenvalue weighted by atomic mass is 32.2. The minimum absolute atomic E-state index is 0.184. The Kier molecular flexibility index (Phi) is 3.49. The maximum atomic E-state index is 11.6. The van der Waals surface area contributed by atoms with Gasteiger partial charge >= 0.3 is 5.97 Å². The third kappa shape index (κ3) is 2.07. The predicted molar refractivity (Wildman–Crippen MR) is 67.1 cm³/mol. The second kappa shape index (κ2) is 4.89. The van der Waals surface area contributed by atoms with E-state index in [9.17, 15) is 9.59 Å². The van der Waals surface area contributed by atoms with Crippen LogP contribution in [0, 0.1) is 0 Å². The highest BCUT2D eigenvalue weighted by Gasteiger charge is 2.21. The highest BCUT2D eigenvalue weighted by Crippen LogP contribution is 2.31. The van der Waals surface area contributed by atoms with Gasteiger partial charge in [0.1, 0.15) is 5.69 Å². The van der Waals surface area contributed by atoms with Gasteiger partial charge in [0.2, 0.25) is 0 Å². The Morgan fingerprint density at radius 1 is 1.65 bits per heavy atom. The smallest absolute Gasteiger partial charge is 0.355 e. The van der Waals surface area contributed by atoms with Crippen LogP contribution in [-0.4, -0.2) is 35.1 Å². The highest BCUT2D eigenvalue weighted by molar-refractivity contribution is 8.00. The molecule has 0 aromatic carbocycles. The number of aldehydes is 1. The summed E-state index contributed by atoms with van der Waals surface area (Å²) in [5, 5.41) is 0. The zero-order valence-electron chi connectivity index (χ0n) is 9.27. The summed E-state index contributed by atoms with van der Waals surface area (Å²) in [7, 11) is 0. The molecule has 2 rings (SSSR count). The van der Waals surface area contributed by atoms with Crippen molar-refractivity contribution < 1.29 is 14.3 Å². The normalized spacial score (nSPS) is 10.7. The van der Waals surface area contributed by atoms with Gasteiger partial charge in [0.15, 0.2) is 16.3 Å². The number of thioether (sulfide) groups is 1.